The quantitative estimate of drug-likeness (QED) is 0.816. The number of nitrogens with zero attached hydrogens (tertiary/aromatic N) is 1. The number of carbonyl (C=O) groups excluding carboxylic acids is 1. The fourth-order valence-electron chi connectivity index (χ4n) is 2.53. The van der Waals surface area contributed by atoms with Gasteiger partial charge in [-0.15, -0.1) is 0 Å². The number of benzene rings is 2. The van der Waals surface area contributed by atoms with Gasteiger partial charge in [0.05, 0.1) is 6.42 Å². The van der Waals surface area contributed by atoms with Crippen LogP contribution in [0.15, 0.2) is 42.5 Å². The SMILES string of the molecule is CN1C(=O)Cc2cc(C(O)c3cccc(I)c3)ccc21. The minimum absolute atomic E-state index is 0.0981. The lowest BCUT2D eigenvalue weighted by Gasteiger charge is -2.14. The zero-order valence-electron chi connectivity index (χ0n) is 11.0. The second kappa shape index (κ2) is 5.18. The molecule has 1 amide bonds. The lowest BCUT2D eigenvalue weighted by molar-refractivity contribution is -0.117. The van der Waals surface area contributed by atoms with E-state index in [9.17, 15) is 9.90 Å². The summed E-state index contributed by atoms with van der Waals surface area (Å²) in [6, 6.07) is 13.5. The first-order valence-corrected chi connectivity index (χ1v) is 7.47. The average Bonchev–Trinajstić information content (AvgIpc) is 2.73. The van der Waals surface area contributed by atoms with E-state index in [1.807, 2.05) is 42.5 Å². The molecule has 0 aromatic heterocycles. The zero-order valence-corrected chi connectivity index (χ0v) is 13.2. The Balaban J connectivity index is 1.96. The summed E-state index contributed by atoms with van der Waals surface area (Å²) in [4.78, 5) is 13.4. The third kappa shape index (κ3) is 2.33. The van der Waals surface area contributed by atoms with Gasteiger partial charge in [-0.2, -0.15) is 0 Å². The van der Waals surface area contributed by atoms with Crippen LogP contribution in [0.5, 0.6) is 0 Å². The smallest absolute Gasteiger partial charge is 0.231 e. The van der Waals surface area contributed by atoms with Crippen LogP contribution in [0.4, 0.5) is 5.69 Å². The van der Waals surface area contributed by atoms with Gasteiger partial charge in [-0.25, -0.2) is 0 Å². The fourth-order valence-corrected chi connectivity index (χ4v) is 3.10. The summed E-state index contributed by atoms with van der Waals surface area (Å²) in [5.41, 5.74) is 3.62. The van der Waals surface area contributed by atoms with Gasteiger partial charge in [0.1, 0.15) is 6.10 Å². The minimum atomic E-state index is -0.656. The topological polar surface area (TPSA) is 40.5 Å². The van der Waals surface area contributed by atoms with Gasteiger partial charge < -0.3 is 10.0 Å². The number of rotatable bonds is 2. The Labute approximate surface area is 131 Å². The molecule has 1 aliphatic rings. The van der Waals surface area contributed by atoms with E-state index >= 15 is 0 Å². The van der Waals surface area contributed by atoms with Gasteiger partial charge in [-0.1, -0.05) is 24.3 Å². The molecule has 20 heavy (non-hydrogen) atoms. The van der Waals surface area contributed by atoms with Crippen molar-refractivity contribution in [2.24, 2.45) is 0 Å². The third-order valence-corrected chi connectivity index (χ3v) is 4.33. The van der Waals surface area contributed by atoms with Gasteiger partial charge in [0.25, 0.3) is 0 Å². The number of likely N-dealkylation sites (N-methyl/N-ethyl adjacent to an activating group) is 1. The Morgan fingerprint density at radius 1 is 1.20 bits per heavy atom. The number of aliphatic hydroxyl groups excluding tert-OH is 1. The van der Waals surface area contributed by atoms with E-state index in [4.69, 9.17) is 0 Å². The van der Waals surface area contributed by atoms with Crippen LogP contribution in [0.2, 0.25) is 0 Å². The van der Waals surface area contributed by atoms with Crippen molar-refractivity contribution in [1.29, 1.82) is 0 Å². The number of anilines is 1. The van der Waals surface area contributed by atoms with Crippen molar-refractivity contribution in [3.63, 3.8) is 0 Å². The van der Waals surface area contributed by atoms with Crippen molar-refractivity contribution >= 4 is 34.2 Å². The minimum Gasteiger partial charge on any atom is -0.384 e. The Kier molecular flexibility index (Phi) is 3.52. The molecule has 1 heterocycles. The number of amides is 1. The highest BCUT2D eigenvalue weighted by atomic mass is 127. The normalized spacial score (nSPS) is 15.3. The van der Waals surface area contributed by atoms with Crippen molar-refractivity contribution in [3.05, 3.63) is 62.7 Å². The van der Waals surface area contributed by atoms with Crippen LogP contribution in [0, 0.1) is 3.57 Å². The molecule has 1 aliphatic heterocycles. The lowest BCUT2D eigenvalue weighted by Crippen LogP contribution is -2.20. The van der Waals surface area contributed by atoms with Gasteiger partial charge in [0.15, 0.2) is 0 Å². The number of carbonyl (C=O) groups is 1. The van der Waals surface area contributed by atoms with Gasteiger partial charge in [0.2, 0.25) is 5.91 Å². The largest absolute Gasteiger partial charge is 0.384 e. The van der Waals surface area contributed by atoms with Gasteiger partial charge in [0, 0.05) is 16.3 Å². The van der Waals surface area contributed by atoms with E-state index in [2.05, 4.69) is 22.6 Å². The summed E-state index contributed by atoms with van der Waals surface area (Å²) < 4.78 is 1.09. The van der Waals surface area contributed by atoms with E-state index in [0.717, 1.165) is 25.9 Å². The number of hydrogen-bond acceptors (Lipinski definition) is 2. The van der Waals surface area contributed by atoms with Crippen LogP contribution in [-0.4, -0.2) is 18.1 Å². The highest BCUT2D eigenvalue weighted by molar-refractivity contribution is 14.1. The number of fused-ring (bicyclic) bond motifs is 1. The van der Waals surface area contributed by atoms with Crippen LogP contribution in [-0.2, 0) is 11.2 Å². The Hall–Kier alpha value is -1.40. The molecule has 4 heteroatoms. The van der Waals surface area contributed by atoms with Crippen molar-refractivity contribution in [3.8, 4) is 0 Å². The molecule has 2 aromatic rings. The summed E-state index contributed by atoms with van der Waals surface area (Å²) in [5, 5.41) is 10.5. The molecular formula is C16H14INO2. The first-order valence-electron chi connectivity index (χ1n) is 6.39. The lowest BCUT2D eigenvalue weighted by atomic mass is 9.99. The number of halogens is 1. The van der Waals surface area contributed by atoms with Crippen molar-refractivity contribution < 1.29 is 9.90 Å². The van der Waals surface area contributed by atoms with E-state index in [1.54, 1.807) is 11.9 Å². The second-order valence-electron chi connectivity index (χ2n) is 4.98. The molecule has 0 saturated carbocycles. The Morgan fingerprint density at radius 2 is 1.95 bits per heavy atom. The molecule has 1 atom stereocenters. The van der Waals surface area contributed by atoms with Gasteiger partial charge in [-0.3, -0.25) is 4.79 Å². The molecule has 0 bridgehead atoms. The van der Waals surface area contributed by atoms with Gasteiger partial charge in [-0.05, 0) is 57.5 Å². The molecule has 102 valence electrons. The molecule has 0 aliphatic carbocycles. The molecule has 2 aromatic carbocycles. The summed E-state index contributed by atoms with van der Waals surface area (Å²) in [7, 11) is 1.78. The molecule has 3 rings (SSSR count). The van der Waals surface area contributed by atoms with E-state index in [-0.39, 0.29) is 5.91 Å². The summed E-state index contributed by atoms with van der Waals surface area (Å²) in [6.07, 6.45) is -0.241. The molecule has 0 saturated heterocycles. The second-order valence-corrected chi connectivity index (χ2v) is 6.22. The van der Waals surface area contributed by atoms with Crippen LogP contribution in [0.25, 0.3) is 0 Å². The molecule has 3 nitrogen and oxygen atoms in total. The summed E-state index contributed by atoms with van der Waals surface area (Å²) in [5.74, 6) is 0.0981. The molecule has 0 spiro atoms. The molecule has 0 fully saturated rings. The van der Waals surface area contributed by atoms with Crippen molar-refractivity contribution in [2.75, 3.05) is 11.9 Å². The highest BCUT2D eigenvalue weighted by Crippen LogP contribution is 2.32. The Bertz CT molecular complexity index is 684. The third-order valence-electron chi connectivity index (χ3n) is 3.66. The average molecular weight is 379 g/mol. The predicted octanol–water partition coefficient (Wildman–Crippen LogP) is 2.89. The van der Waals surface area contributed by atoms with E-state index in [1.165, 1.54) is 0 Å². The predicted molar refractivity (Wildman–Crippen MR) is 86.8 cm³/mol. The molecule has 1 N–H and O–H groups in total. The standard InChI is InChI=1S/C16H14INO2/c1-18-14-6-5-11(7-12(14)9-15(18)19)16(20)10-3-2-4-13(17)8-10/h2-8,16,20H,9H2,1H3. The first kappa shape index (κ1) is 13.6. The van der Waals surface area contributed by atoms with Gasteiger partial charge >= 0.3 is 0 Å². The molecule has 0 radical (unpaired) electrons. The first-order chi connectivity index (χ1) is 9.56. The molecule has 1 unspecified atom stereocenters. The van der Waals surface area contributed by atoms with Crippen molar-refractivity contribution in [2.45, 2.75) is 12.5 Å². The van der Waals surface area contributed by atoms with E-state index < -0.39 is 6.10 Å². The number of aliphatic hydroxyl groups is 1. The van der Waals surface area contributed by atoms with Crippen molar-refractivity contribution in [1.82, 2.24) is 0 Å². The highest BCUT2D eigenvalue weighted by Gasteiger charge is 2.25. The maximum Gasteiger partial charge on any atom is 0.231 e. The molecular weight excluding hydrogens is 365 g/mol. The van der Waals surface area contributed by atoms with Crippen LogP contribution >= 0.6 is 22.6 Å². The van der Waals surface area contributed by atoms with Crippen LogP contribution in [0.3, 0.4) is 0 Å². The van der Waals surface area contributed by atoms with Crippen LogP contribution in [0.1, 0.15) is 22.8 Å². The fraction of sp³-hybridized carbons (Fsp3) is 0.188. The monoisotopic (exact) mass is 379 g/mol. The maximum absolute atomic E-state index is 11.7. The summed E-state index contributed by atoms with van der Waals surface area (Å²) in [6.45, 7) is 0. The summed E-state index contributed by atoms with van der Waals surface area (Å²) >= 11 is 2.23. The number of hydrogen-bond donors (Lipinski definition) is 1. The van der Waals surface area contributed by atoms with E-state index in [0.29, 0.717) is 6.42 Å². The zero-order chi connectivity index (χ0) is 14.3. The Morgan fingerprint density at radius 3 is 2.70 bits per heavy atom. The maximum atomic E-state index is 11.7. The van der Waals surface area contributed by atoms with Crippen LogP contribution < -0.4 is 4.90 Å².